The number of H-pyrrole nitrogens is 2. The number of aromatic amines is 2. The Bertz CT molecular complexity index is 2480. The van der Waals surface area contributed by atoms with Crippen LogP contribution in [0.4, 0.5) is 0 Å². The highest BCUT2D eigenvalue weighted by molar-refractivity contribution is 7.89. The first-order chi connectivity index (χ1) is 25.4. The van der Waals surface area contributed by atoms with Crippen LogP contribution in [0.1, 0.15) is 17.5 Å². The summed E-state index contributed by atoms with van der Waals surface area (Å²) in [7, 11) is -7.94. The third-order valence-corrected chi connectivity index (χ3v) is 11.0. The van der Waals surface area contributed by atoms with Crippen molar-refractivity contribution in [2.24, 2.45) is 10.3 Å². The lowest BCUT2D eigenvalue weighted by Gasteiger charge is -2.22. The van der Waals surface area contributed by atoms with Gasteiger partial charge in [0.2, 0.25) is 31.7 Å². The van der Waals surface area contributed by atoms with E-state index >= 15 is 0 Å². The van der Waals surface area contributed by atoms with Gasteiger partial charge in [0.15, 0.2) is 0 Å². The van der Waals surface area contributed by atoms with Gasteiger partial charge in [0.25, 0.3) is 0 Å². The molecule has 1 saturated heterocycles. The molecule has 4 aromatic carbocycles. The van der Waals surface area contributed by atoms with Gasteiger partial charge in [0.05, 0.1) is 20.9 Å². The lowest BCUT2D eigenvalue weighted by atomic mass is 9.90. The largest absolute Gasteiger partial charge is 0.384 e. The van der Waals surface area contributed by atoms with Crippen molar-refractivity contribution in [1.82, 2.24) is 51.9 Å². The number of primary sulfonamides is 2. The van der Waals surface area contributed by atoms with Gasteiger partial charge < -0.3 is 15.7 Å². The molecule has 4 heterocycles. The van der Waals surface area contributed by atoms with Crippen LogP contribution < -0.4 is 20.9 Å². The molecule has 8 rings (SSSR count). The second kappa shape index (κ2) is 14.5. The molecule has 0 aliphatic carbocycles. The average Bonchev–Trinajstić information content (AvgIpc) is 4.00. The predicted octanol–water partition coefficient (Wildman–Crippen LogP) is 1.53. The molecule has 2 aromatic heterocycles. The summed E-state index contributed by atoms with van der Waals surface area (Å²) in [6, 6.07) is 24.9. The molecule has 1 unspecified atom stereocenters. The zero-order valence-corrected chi connectivity index (χ0v) is 29.6. The van der Waals surface area contributed by atoms with Crippen molar-refractivity contribution in [1.29, 1.82) is 0 Å². The Morgan fingerprint density at radius 1 is 0.660 bits per heavy atom. The van der Waals surface area contributed by atoms with Crippen LogP contribution in [-0.4, -0.2) is 89.4 Å². The second-order valence-electron chi connectivity index (χ2n) is 12.4. The third kappa shape index (κ3) is 7.53. The number of nitrogens with one attached hydrogen (secondary N) is 4. The summed E-state index contributed by atoms with van der Waals surface area (Å²) in [5.41, 5.74) is 5.76. The zero-order valence-electron chi connectivity index (χ0n) is 27.9. The molecule has 0 bridgehead atoms. The van der Waals surface area contributed by atoms with Crippen LogP contribution >= 0.6 is 0 Å². The molecule has 0 saturated carbocycles. The Labute approximate surface area is 304 Å². The first-order valence-electron chi connectivity index (χ1n) is 16.3. The van der Waals surface area contributed by atoms with Crippen molar-refractivity contribution >= 4 is 25.6 Å². The van der Waals surface area contributed by atoms with Crippen LogP contribution in [0.5, 0.6) is 0 Å². The molecule has 0 amide bonds. The number of β-amino-alcohol motifs (C(OH)–C–C–N with tert-alkyl or cyclic N) is 1. The minimum absolute atomic E-state index is 0.0387. The van der Waals surface area contributed by atoms with E-state index < -0.39 is 25.6 Å². The summed E-state index contributed by atoms with van der Waals surface area (Å²) in [6.07, 6.45) is 2.79. The SMILES string of the molecule is NS(=O)(=O)c1cccc(-c2ccc(C3(O)CCNC3)cc2)c1-c1nn[nH]n1.NS(=O)(=O)c1cccc(-c2ccc(C3=CCNC3)cc2)c1-c1nn[nH]n1. The zero-order chi connectivity index (χ0) is 37.2. The molecule has 17 nitrogen and oxygen atoms in total. The highest BCUT2D eigenvalue weighted by Crippen LogP contribution is 2.37. The number of aliphatic hydroxyl groups is 1. The fourth-order valence-corrected chi connectivity index (χ4v) is 7.97. The number of sulfonamides is 2. The smallest absolute Gasteiger partial charge is 0.238 e. The normalized spacial score (nSPS) is 17.3. The lowest BCUT2D eigenvalue weighted by molar-refractivity contribution is 0.0587. The van der Waals surface area contributed by atoms with E-state index in [9.17, 15) is 21.9 Å². The van der Waals surface area contributed by atoms with E-state index in [0.29, 0.717) is 29.7 Å². The van der Waals surface area contributed by atoms with Crippen LogP contribution in [0, 0.1) is 0 Å². The Morgan fingerprint density at radius 3 is 1.58 bits per heavy atom. The quantitative estimate of drug-likeness (QED) is 0.116. The molecule has 9 N–H and O–H groups in total. The van der Waals surface area contributed by atoms with Gasteiger partial charge in [-0.15, -0.1) is 20.4 Å². The van der Waals surface area contributed by atoms with Gasteiger partial charge >= 0.3 is 0 Å². The van der Waals surface area contributed by atoms with Gasteiger partial charge in [-0.05, 0) is 74.5 Å². The highest BCUT2D eigenvalue weighted by atomic mass is 32.2. The van der Waals surface area contributed by atoms with Crippen LogP contribution in [-0.2, 0) is 25.6 Å². The Hall–Kier alpha value is -5.54. The molecular weight excluding hydrogens is 721 g/mol. The minimum Gasteiger partial charge on any atom is -0.384 e. The van der Waals surface area contributed by atoms with Crippen LogP contribution in [0.15, 0.2) is 101 Å². The van der Waals surface area contributed by atoms with Crippen LogP contribution in [0.2, 0.25) is 0 Å². The number of rotatable bonds is 8. The van der Waals surface area contributed by atoms with E-state index in [-0.39, 0.29) is 27.0 Å². The second-order valence-corrected chi connectivity index (χ2v) is 15.5. The van der Waals surface area contributed by atoms with Gasteiger partial charge in [-0.1, -0.05) is 78.9 Å². The molecular formula is C34H34N12O5S2. The first-order valence-corrected chi connectivity index (χ1v) is 19.4. The number of benzene rings is 4. The molecule has 1 atom stereocenters. The maximum Gasteiger partial charge on any atom is 0.238 e. The predicted molar refractivity (Wildman–Crippen MR) is 195 cm³/mol. The molecule has 2 aliphatic rings. The van der Waals surface area contributed by atoms with E-state index in [1.165, 1.54) is 17.7 Å². The Kier molecular flexibility index (Phi) is 9.79. The van der Waals surface area contributed by atoms with Crippen LogP contribution in [0.3, 0.4) is 0 Å². The summed E-state index contributed by atoms with van der Waals surface area (Å²) >= 11 is 0. The molecule has 0 radical (unpaired) electrons. The maximum atomic E-state index is 12.1. The summed E-state index contributed by atoms with van der Waals surface area (Å²) < 4.78 is 48.2. The number of nitrogens with zero attached hydrogens (tertiary/aromatic N) is 6. The van der Waals surface area contributed by atoms with Gasteiger partial charge in [-0.25, -0.2) is 27.1 Å². The molecule has 0 spiro atoms. The number of tetrazole rings is 2. The monoisotopic (exact) mass is 754 g/mol. The van der Waals surface area contributed by atoms with Crippen molar-refractivity contribution in [2.75, 3.05) is 26.2 Å². The Morgan fingerprint density at radius 2 is 1.17 bits per heavy atom. The number of aromatic nitrogens is 8. The Balaban J connectivity index is 0.000000164. The number of hydrogen-bond donors (Lipinski definition) is 7. The maximum absolute atomic E-state index is 12.1. The molecule has 6 aromatic rings. The summed E-state index contributed by atoms with van der Waals surface area (Å²) in [5, 5.41) is 55.3. The van der Waals surface area contributed by atoms with Gasteiger partial charge in [0, 0.05) is 19.6 Å². The molecule has 272 valence electrons. The van der Waals surface area contributed by atoms with Crippen molar-refractivity contribution in [3.05, 3.63) is 102 Å². The topological polar surface area (TPSA) is 274 Å². The van der Waals surface area contributed by atoms with E-state index in [1.807, 2.05) is 54.6 Å². The molecule has 53 heavy (non-hydrogen) atoms. The third-order valence-electron chi connectivity index (χ3n) is 9.04. The van der Waals surface area contributed by atoms with E-state index in [4.69, 9.17) is 10.3 Å². The van der Waals surface area contributed by atoms with Gasteiger partial charge in [-0.3, -0.25) is 0 Å². The fraction of sp³-hybridized carbons (Fsp3) is 0.176. The summed E-state index contributed by atoms with van der Waals surface area (Å²) in [4.78, 5) is -0.118. The number of hydrogen-bond acceptors (Lipinski definition) is 13. The van der Waals surface area contributed by atoms with E-state index in [1.54, 1.807) is 18.2 Å². The van der Waals surface area contributed by atoms with E-state index in [2.05, 4.69) is 58.0 Å². The fourth-order valence-electron chi connectivity index (χ4n) is 6.46. The van der Waals surface area contributed by atoms with E-state index in [0.717, 1.165) is 41.9 Å². The van der Waals surface area contributed by atoms with Crippen LogP contribution in [0.25, 0.3) is 50.6 Å². The van der Waals surface area contributed by atoms with Crippen molar-refractivity contribution in [2.45, 2.75) is 21.8 Å². The minimum atomic E-state index is -3.99. The van der Waals surface area contributed by atoms with Crippen molar-refractivity contribution in [3.8, 4) is 45.0 Å². The molecule has 2 aliphatic heterocycles. The van der Waals surface area contributed by atoms with Gasteiger partial charge in [-0.2, -0.15) is 10.4 Å². The van der Waals surface area contributed by atoms with Gasteiger partial charge in [0.1, 0.15) is 5.60 Å². The van der Waals surface area contributed by atoms with Crippen molar-refractivity contribution in [3.63, 3.8) is 0 Å². The lowest BCUT2D eigenvalue weighted by Crippen LogP contribution is -2.28. The standard InChI is InChI=1S/C17H18N6O3S.C17H16N6O2S/c18-27(25,26)14-3-1-2-13(15(14)16-20-22-23-21-16)11-4-6-12(7-5-11)17(24)8-9-19-10-17;18-26(24,25)15-3-1-2-14(16(15)17-20-22-23-21-17)12-6-4-11(5-7-12)13-8-9-19-10-13/h1-7,19,24H,8-10H2,(H2,18,25,26)(H,20,21,22,23);1-8,19H,9-10H2,(H2,18,24,25)(H,20,21,22,23). The molecule has 19 heteroatoms. The van der Waals surface area contributed by atoms with Crippen molar-refractivity contribution < 1.29 is 21.9 Å². The molecule has 1 fully saturated rings. The number of nitrogens with two attached hydrogens (primary N) is 2. The highest BCUT2D eigenvalue weighted by Gasteiger charge is 2.33. The summed E-state index contributed by atoms with van der Waals surface area (Å²) in [6.45, 7) is 2.97. The first kappa shape index (κ1) is 35.8. The summed E-state index contributed by atoms with van der Waals surface area (Å²) in [5.74, 6) is 0.314. The average molecular weight is 755 g/mol.